The van der Waals surface area contributed by atoms with Gasteiger partial charge in [-0.05, 0) is 52.1 Å². The van der Waals surface area contributed by atoms with Crippen molar-refractivity contribution in [2.45, 2.75) is 45.6 Å². The van der Waals surface area contributed by atoms with Crippen LogP contribution in [0.5, 0.6) is 0 Å². The molecular formula is C17H23N3O2S. The first-order valence-electron chi connectivity index (χ1n) is 8.17. The van der Waals surface area contributed by atoms with Crippen molar-refractivity contribution in [2.75, 3.05) is 13.1 Å². The van der Waals surface area contributed by atoms with Crippen LogP contribution < -0.4 is 10.6 Å². The van der Waals surface area contributed by atoms with E-state index in [2.05, 4.69) is 22.5 Å². The number of aromatic nitrogens is 1. The molecule has 2 heterocycles. The predicted octanol–water partition coefficient (Wildman–Crippen LogP) is 3.14. The van der Waals surface area contributed by atoms with Gasteiger partial charge in [-0.2, -0.15) is 0 Å². The van der Waals surface area contributed by atoms with Gasteiger partial charge in [-0.3, -0.25) is 4.79 Å². The van der Waals surface area contributed by atoms with Gasteiger partial charge < -0.3 is 15.1 Å². The standard InChI is InChI=1S/C17H23N3O2S/c1-11-7-10-22-15(11)17(21)19-9-4-8-18-13-5-3-6-14-16(13)23-12(2)20-14/h7,10,13,18H,3-6,8-9H2,1-2H3,(H,19,21). The molecule has 0 saturated carbocycles. The number of hydrogen-bond acceptors (Lipinski definition) is 5. The van der Waals surface area contributed by atoms with Gasteiger partial charge in [0, 0.05) is 23.0 Å². The van der Waals surface area contributed by atoms with Crippen LogP contribution in [-0.2, 0) is 6.42 Å². The van der Waals surface area contributed by atoms with E-state index in [9.17, 15) is 4.79 Å². The maximum atomic E-state index is 11.9. The van der Waals surface area contributed by atoms with E-state index in [-0.39, 0.29) is 5.91 Å². The summed E-state index contributed by atoms with van der Waals surface area (Å²) in [6.45, 7) is 5.48. The van der Waals surface area contributed by atoms with Crippen molar-refractivity contribution in [1.82, 2.24) is 15.6 Å². The van der Waals surface area contributed by atoms with Crippen LogP contribution in [0.15, 0.2) is 16.7 Å². The number of thiazole rings is 1. The van der Waals surface area contributed by atoms with Crippen LogP contribution in [0.3, 0.4) is 0 Å². The van der Waals surface area contributed by atoms with Crippen LogP contribution in [0.25, 0.3) is 0 Å². The highest BCUT2D eigenvalue weighted by Gasteiger charge is 2.23. The van der Waals surface area contributed by atoms with Crippen molar-refractivity contribution in [3.8, 4) is 0 Å². The van der Waals surface area contributed by atoms with Gasteiger partial charge in [-0.25, -0.2) is 4.98 Å². The number of carbonyl (C=O) groups is 1. The summed E-state index contributed by atoms with van der Waals surface area (Å²) in [4.78, 5) is 17.9. The number of rotatable bonds is 6. The van der Waals surface area contributed by atoms with Gasteiger partial charge in [0.1, 0.15) is 0 Å². The zero-order chi connectivity index (χ0) is 16.2. The third-order valence-electron chi connectivity index (χ3n) is 4.16. The molecule has 1 unspecified atom stereocenters. The zero-order valence-electron chi connectivity index (χ0n) is 13.6. The Morgan fingerprint density at radius 3 is 3.09 bits per heavy atom. The van der Waals surface area contributed by atoms with Gasteiger partial charge in [-0.1, -0.05) is 0 Å². The molecule has 1 amide bonds. The van der Waals surface area contributed by atoms with Crippen LogP contribution >= 0.6 is 11.3 Å². The Balaban J connectivity index is 1.41. The molecule has 6 heteroatoms. The molecule has 5 nitrogen and oxygen atoms in total. The lowest BCUT2D eigenvalue weighted by Crippen LogP contribution is -2.30. The minimum Gasteiger partial charge on any atom is -0.459 e. The average molecular weight is 333 g/mol. The summed E-state index contributed by atoms with van der Waals surface area (Å²) in [7, 11) is 0. The second-order valence-electron chi connectivity index (χ2n) is 5.98. The van der Waals surface area contributed by atoms with Gasteiger partial charge in [0.2, 0.25) is 0 Å². The second kappa shape index (κ2) is 7.27. The number of furan rings is 1. The summed E-state index contributed by atoms with van der Waals surface area (Å²) >= 11 is 1.81. The van der Waals surface area contributed by atoms with E-state index in [4.69, 9.17) is 4.42 Å². The molecule has 1 aliphatic rings. The van der Waals surface area contributed by atoms with Gasteiger partial charge in [0.15, 0.2) is 5.76 Å². The van der Waals surface area contributed by atoms with Gasteiger partial charge in [0.05, 0.1) is 17.0 Å². The summed E-state index contributed by atoms with van der Waals surface area (Å²) in [5.74, 6) is 0.278. The molecule has 0 radical (unpaired) electrons. The smallest absolute Gasteiger partial charge is 0.287 e. The van der Waals surface area contributed by atoms with Crippen LogP contribution in [0.1, 0.15) is 57.0 Å². The van der Waals surface area contributed by atoms with E-state index >= 15 is 0 Å². The Morgan fingerprint density at radius 2 is 2.30 bits per heavy atom. The van der Waals surface area contributed by atoms with E-state index in [0.29, 0.717) is 18.3 Å². The first-order chi connectivity index (χ1) is 11.1. The molecule has 3 rings (SSSR count). The second-order valence-corrected chi connectivity index (χ2v) is 7.22. The molecule has 2 aromatic rings. The number of amides is 1. The molecule has 1 atom stereocenters. The number of nitrogens with one attached hydrogen (secondary N) is 2. The Labute approximate surface area is 140 Å². The molecule has 0 bridgehead atoms. The molecule has 0 aliphatic heterocycles. The highest BCUT2D eigenvalue weighted by molar-refractivity contribution is 7.11. The molecule has 0 saturated heterocycles. The quantitative estimate of drug-likeness (QED) is 0.797. The predicted molar refractivity (Wildman–Crippen MR) is 90.9 cm³/mol. The van der Waals surface area contributed by atoms with E-state index in [0.717, 1.165) is 30.0 Å². The molecular weight excluding hydrogens is 310 g/mol. The van der Waals surface area contributed by atoms with Gasteiger partial charge >= 0.3 is 0 Å². The number of aryl methyl sites for hydroxylation is 3. The SMILES string of the molecule is Cc1nc2c(s1)C(NCCCNC(=O)c1occc1C)CCC2. The maximum Gasteiger partial charge on any atom is 0.287 e. The van der Waals surface area contributed by atoms with Gasteiger partial charge in [-0.15, -0.1) is 11.3 Å². The van der Waals surface area contributed by atoms with Crippen molar-refractivity contribution < 1.29 is 9.21 Å². The fourth-order valence-corrected chi connectivity index (χ4v) is 4.07. The van der Waals surface area contributed by atoms with E-state index < -0.39 is 0 Å². The Kier molecular flexibility index (Phi) is 5.13. The lowest BCUT2D eigenvalue weighted by atomic mass is 9.98. The highest BCUT2D eigenvalue weighted by atomic mass is 32.1. The number of nitrogens with zero attached hydrogens (tertiary/aromatic N) is 1. The largest absolute Gasteiger partial charge is 0.459 e. The number of fused-ring (bicyclic) bond motifs is 1. The molecule has 2 N–H and O–H groups in total. The van der Waals surface area contributed by atoms with Crippen LogP contribution in [-0.4, -0.2) is 24.0 Å². The van der Waals surface area contributed by atoms with E-state index in [1.54, 1.807) is 12.3 Å². The lowest BCUT2D eigenvalue weighted by molar-refractivity contribution is 0.0924. The molecule has 0 aromatic carbocycles. The minimum atomic E-state index is -0.134. The number of carbonyl (C=O) groups excluding carboxylic acids is 1. The van der Waals surface area contributed by atoms with Crippen molar-refractivity contribution in [3.63, 3.8) is 0 Å². The first kappa shape index (κ1) is 16.2. The maximum absolute atomic E-state index is 11.9. The summed E-state index contributed by atoms with van der Waals surface area (Å²) in [5, 5.41) is 7.67. The normalized spacial score (nSPS) is 17.0. The number of hydrogen-bond donors (Lipinski definition) is 2. The summed E-state index contributed by atoms with van der Waals surface area (Å²) < 4.78 is 5.19. The molecule has 1 aliphatic carbocycles. The van der Waals surface area contributed by atoms with Crippen molar-refractivity contribution in [1.29, 1.82) is 0 Å². The van der Waals surface area contributed by atoms with Crippen LogP contribution in [0, 0.1) is 13.8 Å². The first-order valence-corrected chi connectivity index (χ1v) is 8.98. The van der Waals surface area contributed by atoms with Crippen LogP contribution in [0.4, 0.5) is 0 Å². The van der Waals surface area contributed by atoms with Crippen LogP contribution in [0.2, 0.25) is 0 Å². The van der Waals surface area contributed by atoms with Crippen molar-refractivity contribution in [3.05, 3.63) is 39.2 Å². The topological polar surface area (TPSA) is 67.2 Å². The third-order valence-corrected chi connectivity index (χ3v) is 5.28. The summed E-state index contributed by atoms with van der Waals surface area (Å²) in [6, 6.07) is 2.22. The Hall–Kier alpha value is -1.66. The van der Waals surface area contributed by atoms with Gasteiger partial charge in [0.25, 0.3) is 5.91 Å². The monoisotopic (exact) mass is 333 g/mol. The average Bonchev–Trinajstić information content (AvgIpc) is 3.11. The summed E-state index contributed by atoms with van der Waals surface area (Å²) in [6.07, 6.45) is 5.92. The van der Waals surface area contributed by atoms with E-state index in [1.807, 2.05) is 18.3 Å². The fourth-order valence-electron chi connectivity index (χ4n) is 2.99. The van der Waals surface area contributed by atoms with Crippen molar-refractivity contribution >= 4 is 17.2 Å². The molecule has 124 valence electrons. The third kappa shape index (κ3) is 3.82. The Bertz CT molecular complexity index is 677. The minimum absolute atomic E-state index is 0.134. The fraction of sp³-hybridized carbons (Fsp3) is 0.529. The van der Waals surface area contributed by atoms with E-state index in [1.165, 1.54) is 23.4 Å². The molecule has 2 aromatic heterocycles. The molecule has 23 heavy (non-hydrogen) atoms. The zero-order valence-corrected chi connectivity index (χ0v) is 14.5. The summed E-state index contributed by atoms with van der Waals surface area (Å²) in [5.41, 5.74) is 2.15. The Morgan fingerprint density at radius 1 is 1.43 bits per heavy atom. The lowest BCUT2D eigenvalue weighted by Gasteiger charge is -2.22. The highest BCUT2D eigenvalue weighted by Crippen LogP contribution is 2.33. The van der Waals surface area contributed by atoms with Crippen molar-refractivity contribution in [2.24, 2.45) is 0 Å². The molecule has 0 fully saturated rings. The molecule has 0 spiro atoms.